The first-order valence-corrected chi connectivity index (χ1v) is 11.1. The van der Waals surface area contributed by atoms with Gasteiger partial charge in [0.1, 0.15) is 18.5 Å². The van der Waals surface area contributed by atoms with E-state index in [0.29, 0.717) is 19.0 Å². The molecule has 1 unspecified atom stereocenters. The highest BCUT2D eigenvalue weighted by Gasteiger charge is 2.12. The summed E-state index contributed by atoms with van der Waals surface area (Å²) in [5, 5.41) is 14.9. The molecule has 9 nitrogen and oxygen atoms in total. The van der Waals surface area contributed by atoms with Gasteiger partial charge in [-0.15, -0.1) is 34.2 Å². The molecule has 1 saturated heterocycles. The van der Waals surface area contributed by atoms with Crippen LogP contribution in [-0.4, -0.2) is 77.7 Å². The number of hydrogen-bond acceptors (Lipinski definition) is 6. The van der Waals surface area contributed by atoms with Crippen LogP contribution in [0.4, 0.5) is 4.39 Å². The second-order valence-corrected chi connectivity index (χ2v) is 7.86. The van der Waals surface area contributed by atoms with Gasteiger partial charge in [-0.2, -0.15) is 0 Å². The van der Waals surface area contributed by atoms with Gasteiger partial charge in [0.15, 0.2) is 23.4 Å². The van der Waals surface area contributed by atoms with Crippen LogP contribution in [0.15, 0.2) is 29.3 Å². The minimum absolute atomic E-state index is 0. The van der Waals surface area contributed by atoms with Gasteiger partial charge in [0.2, 0.25) is 0 Å². The lowest BCUT2D eigenvalue weighted by Gasteiger charge is -2.26. The van der Waals surface area contributed by atoms with E-state index in [9.17, 15) is 4.39 Å². The summed E-state index contributed by atoms with van der Waals surface area (Å²) in [5.41, 5.74) is 0. The molecule has 2 heterocycles. The molecular weight excluding hydrogens is 540 g/mol. The number of aromatic nitrogens is 3. The summed E-state index contributed by atoms with van der Waals surface area (Å²) < 4.78 is 26.9. The summed E-state index contributed by atoms with van der Waals surface area (Å²) in [7, 11) is 1.92. The Morgan fingerprint density at radius 3 is 2.70 bits per heavy atom. The molecule has 0 saturated carbocycles. The SMILES string of the molecule is Cc1nnc(CN=C(NCCCN2CCOCC2)NCC(C)Oc2ccccc2F)n1C.I. The number of benzene rings is 1. The van der Waals surface area contributed by atoms with E-state index >= 15 is 0 Å². The lowest BCUT2D eigenvalue weighted by molar-refractivity contribution is 0.0376. The molecule has 3 rings (SSSR count). The quantitative estimate of drug-likeness (QED) is 0.194. The van der Waals surface area contributed by atoms with Crippen LogP contribution in [0.1, 0.15) is 25.0 Å². The molecule has 1 aliphatic heterocycles. The number of morpholine rings is 1. The normalized spacial score (nSPS) is 15.6. The van der Waals surface area contributed by atoms with Crippen molar-refractivity contribution in [2.24, 2.45) is 12.0 Å². The van der Waals surface area contributed by atoms with Crippen LogP contribution >= 0.6 is 24.0 Å². The molecular formula is C22H35FIN7O2. The van der Waals surface area contributed by atoms with Gasteiger partial charge in [0, 0.05) is 26.7 Å². The second kappa shape index (κ2) is 14.3. The number of aliphatic imine (C=N–C) groups is 1. The molecule has 1 aromatic heterocycles. The Bertz CT molecular complexity index is 874. The molecule has 0 radical (unpaired) electrons. The van der Waals surface area contributed by atoms with E-state index in [1.807, 2.05) is 25.5 Å². The van der Waals surface area contributed by atoms with E-state index in [-0.39, 0.29) is 41.6 Å². The molecule has 0 aliphatic carbocycles. The Morgan fingerprint density at radius 1 is 1.24 bits per heavy atom. The smallest absolute Gasteiger partial charge is 0.191 e. The summed E-state index contributed by atoms with van der Waals surface area (Å²) in [4.78, 5) is 7.06. The average molecular weight is 575 g/mol. The zero-order valence-corrected chi connectivity index (χ0v) is 21.9. The van der Waals surface area contributed by atoms with Gasteiger partial charge < -0.3 is 24.7 Å². The molecule has 184 valence electrons. The summed E-state index contributed by atoms with van der Waals surface area (Å²) in [6, 6.07) is 6.41. The fraction of sp³-hybridized carbons (Fsp3) is 0.591. The lowest BCUT2D eigenvalue weighted by atomic mass is 10.3. The number of nitrogens with one attached hydrogen (secondary N) is 2. The highest BCUT2D eigenvalue weighted by Crippen LogP contribution is 2.16. The molecule has 11 heteroatoms. The molecule has 0 bridgehead atoms. The van der Waals surface area contributed by atoms with E-state index < -0.39 is 0 Å². The van der Waals surface area contributed by atoms with E-state index in [2.05, 4.69) is 30.7 Å². The number of hydrogen-bond donors (Lipinski definition) is 2. The van der Waals surface area contributed by atoms with Crippen LogP contribution in [0, 0.1) is 12.7 Å². The Morgan fingerprint density at radius 2 is 2.00 bits per heavy atom. The lowest BCUT2D eigenvalue weighted by Crippen LogP contribution is -2.43. The maximum absolute atomic E-state index is 13.8. The number of aryl methyl sites for hydroxylation is 1. The first-order valence-electron chi connectivity index (χ1n) is 11.1. The molecule has 1 aliphatic rings. The van der Waals surface area contributed by atoms with Crippen molar-refractivity contribution in [2.75, 3.05) is 45.9 Å². The van der Waals surface area contributed by atoms with Crippen molar-refractivity contribution in [2.45, 2.75) is 32.9 Å². The standard InChI is InChI=1S/C22H34FN7O2.HI/c1-17(32-20-8-5-4-7-19(20)23)15-25-22(26-16-21-28-27-18(2)29(21)3)24-9-6-10-30-11-13-31-14-12-30;/h4-5,7-8,17H,6,9-16H2,1-3H3,(H2,24,25,26);1H. The van der Waals surface area contributed by atoms with Crippen molar-refractivity contribution >= 4 is 29.9 Å². The first-order chi connectivity index (χ1) is 15.5. The molecule has 2 N–H and O–H groups in total. The number of ether oxygens (including phenoxy) is 2. The van der Waals surface area contributed by atoms with Crippen LogP contribution in [0.3, 0.4) is 0 Å². The minimum Gasteiger partial charge on any atom is -0.486 e. The third-order valence-corrected chi connectivity index (χ3v) is 5.33. The fourth-order valence-corrected chi connectivity index (χ4v) is 3.29. The molecule has 1 atom stereocenters. The van der Waals surface area contributed by atoms with E-state index in [4.69, 9.17) is 9.47 Å². The van der Waals surface area contributed by atoms with Crippen molar-refractivity contribution in [3.8, 4) is 5.75 Å². The Kier molecular flexibility index (Phi) is 11.8. The van der Waals surface area contributed by atoms with Crippen molar-refractivity contribution in [3.63, 3.8) is 0 Å². The highest BCUT2D eigenvalue weighted by atomic mass is 127. The third kappa shape index (κ3) is 9.05. The third-order valence-electron chi connectivity index (χ3n) is 5.33. The summed E-state index contributed by atoms with van der Waals surface area (Å²) >= 11 is 0. The fourth-order valence-electron chi connectivity index (χ4n) is 3.29. The average Bonchev–Trinajstić information content (AvgIpc) is 3.12. The maximum Gasteiger partial charge on any atom is 0.191 e. The van der Waals surface area contributed by atoms with Crippen LogP contribution < -0.4 is 15.4 Å². The Labute approximate surface area is 212 Å². The number of para-hydroxylation sites is 1. The topological polar surface area (TPSA) is 88.8 Å². The number of guanidine groups is 1. The van der Waals surface area contributed by atoms with Crippen molar-refractivity contribution in [1.82, 2.24) is 30.3 Å². The molecule has 0 amide bonds. The molecule has 1 fully saturated rings. The van der Waals surface area contributed by atoms with Crippen molar-refractivity contribution in [3.05, 3.63) is 41.7 Å². The first kappa shape index (κ1) is 27.3. The van der Waals surface area contributed by atoms with Gasteiger partial charge in [-0.05, 0) is 38.9 Å². The van der Waals surface area contributed by atoms with Crippen molar-refractivity contribution < 1.29 is 13.9 Å². The van der Waals surface area contributed by atoms with Gasteiger partial charge in [-0.1, -0.05) is 12.1 Å². The van der Waals surface area contributed by atoms with Gasteiger partial charge in [-0.25, -0.2) is 9.38 Å². The summed E-state index contributed by atoms with van der Waals surface area (Å²) in [6.07, 6.45) is 0.745. The Balaban J connectivity index is 0.00000385. The Hall–Kier alpha value is -1.99. The maximum atomic E-state index is 13.8. The van der Waals surface area contributed by atoms with Crippen LogP contribution in [0.2, 0.25) is 0 Å². The monoisotopic (exact) mass is 575 g/mol. The van der Waals surface area contributed by atoms with Gasteiger partial charge in [0.25, 0.3) is 0 Å². The van der Waals surface area contributed by atoms with Gasteiger partial charge in [-0.3, -0.25) is 4.90 Å². The van der Waals surface area contributed by atoms with Crippen LogP contribution in [-0.2, 0) is 18.3 Å². The predicted octanol–water partition coefficient (Wildman–Crippen LogP) is 2.11. The number of rotatable bonds is 10. The summed E-state index contributed by atoms with van der Waals surface area (Å²) in [6.45, 7) is 10.0. The van der Waals surface area contributed by atoms with E-state index in [0.717, 1.165) is 57.5 Å². The molecule has 0 spiro atoms. The highest BCUT2D eigenvalue weighted by molar-refractivity contribution is 14.0. The summed E-state index contributed by atoms with van der Waals surface area (Å²) in [5.74, 6) is 2.17. The van der Waals surface area contributed by atoms with Gasteiger partial charge >= 0.3 is 0 Å². The minimum atomic E-state index is -0.368. The van der Waals surface area contributed by atoms with E-state index in [1.54, 1.807) is 18.2 Å². The second-order valence-electron chi connectivity index (χ2n) is 7.86. The van der Waals surface area contributed by atoms with Crippen molar-refractivity contribution in [1.29, 1.82) is 0 Å². The van der Waals surface area contributed by atoms with Crippen LogP contribution in [0.5, 0.6) is 5.75 Å². The zero-order chi connectivity index (χ0) is 22.8. The van der Waals surface area contributed by atoms with E-state index in [1.165, 1.54) is 6.07 Å². The zero-order valence-electron chi connectivity index (χ0n) is 19.6. The predicted molar refractivity (Wildman–Crippen MR) is 137 cm³/mol. The number of nitrogens with zero attached hydrogens (tertiary/aromatic N) is 5. The van der Waals surface area contributed by atoms with Gasteiger partial charge in [0.05, 0.1) is 19.8 Å². The molecule has 2 aromatic rings. The largest absolute Gasteiger partial charge is 0.486 e. The van der Waals surface area contributed by atoms with Crippen LogP contribution in [0.25, 0.3) is 0 Å². The molecule has 1 aromatic carbocycles. The number of halogens is 2. The molecule has 33 heavy (non-hydrogen) atoms.